The number of hydrogen-bond donors (Lipinski definition) is 1. The van der Waals surface area contributed by atoms with Crippen LogP contribution in [0.4, 0.5) is 10.6 Å². The Kier molecular flexibility index (Phi) is 7.43. The Bertz CT molecular complexity index is 581. The Morgan fingerprint density at radius 1 is 1.50 bits per heavy atom. The third-order valence-corrected chi connectivity index (χ3v) is 3.29. The predicted molar refractivity (Wildman–Crippen MR) is 92.2 cm³/mol. The van der Waals surface area contributed by atoms with Gasteiger partial charge in [0.1, 0.15) is 11.7 Å². The maximum Gasteiger partial charge on any atom is 0.426 e. The lowest BCUT2D eigenvalue weighted by atomic mass is 10.0. The fourth-order valence-electron chi connectivity index (χ4n) is 2.15. The zero-order chi connectivity index (χ0) is 18.2. The van der Waals surface area contributed by atoms with Crippen molar-refractivity contribution < 1.29 is 9.53 Å². The van der Waals surface area contributed by atoms with E-state index in [0.717, 1.165) is 19.3 Å². The van der Waals surface area contributed by atoms with Crippen LogP contribution in [0.2, 0.25) is 0 Å². The summed E-state index contributed by atoms with van der Waals surface area (Å²) in [6.45, 7) is 10.5. The summed E-state index contributed by atoms with van der Waals surface area (Å²) in [5, 5.41) is 10.5. The van der Waals surface area contributed by atoms with Crippen molar-refractivity contribution in [2.75, 3.05) is 11.6 Å². The van der Waals surface area contributed by atoms with Crippen molar-refractivity contribution in [2.24, 2.45) is 5.92 Å². The summed E-state index contributed by atoms with van der Waals surface area (Å²) in [6.07, 6.45) is 3.80. The summed E-state index contributed by atoms with van der Waals surface area (Å²) in [5.41, 5.74) is 2.19. The summed E-state index contributed by atoms with van der Waals surface area (Å²) in [7, 11) is 0. The molecule has 1 N–H and O–H groups in total. The predicted octanol–water partition coefficient (Wildman–Crippen LogP) is 3.42. The van der Waals surface area contributed by atoms with Crippen LogP contribution in [-0.2, 0) is 4.74 Å². The molecule has 132 valence electrons. The van der Waals surface area contributed by atoms with Gasteiger partial charge < -0.3 is 4.74 Å². The van der Waals surface area contributed by atoms with Crippen LogP contribution in [0.1, 0.15) is 59.7 Å². The van der Waals surface area contributed by atoms with Gasteiger partial charge in [-0.15, -0.1) is 0 Å². The Morgan fingerprint density at radius 3 is 2.79 bits per heavy atom. The van der Waals surface area contributed by atoms with Crippen molar-refractivity contribution in [3.63, 3.8) is 0 Å². The molecule has 0 saturated heterocycles. The second-order valence-electron chi connectivity index (χ2n) is 6.72. The lowest BCUT2D eigenvalue weighted by Crippen LogP contribution is -2.47. The first kappa shape index (κ1) is 19.7. The van der Waals surface area contributed by atoms with E-state index in [9.17, 15) is 4.79 Å². The molecular formula is C17H27N5O2. The van der Waals surface area contributed by atoms with Gasteiger partial charge in [0.25, 0.3) is 0 Å². The molecule has 0 fully saturated rings. The Labute approximate surface area is 144 Å². The van der Waals surface area contributed by atoms with Gasteiger partial charge in [0.15, 0.2) is 5.82 Å². The lowest BCUT2D eigenvalue weighted by Gasteiger charge is -2.29. The highest BCUT2D eigenvalue weighted by molar-refractivity contribution is 5.70. The molecule has 0 spiro atoms. The molecule has 0 aromatic carbocycles. The van der Waals surface area contributed by atoms with Crippen molar-refractivity contribution in [3.8, 4) is 6.07 Å². The number of carbonyl (C=O) groups excluding carboxylic acids is 1. The summed E-state index contributed by atoms with van der Waals surface area (Å²) in [4.78, 5) is 20.2. The number of unbranched alkanes of at least 4 members (excludes halogenated alkanes) is 1. The number of hydrazine groups is 1. The minimum Gasteiger partial charge on any atom is -0.442 e. The maximum atomic E-state index is 12.3. The zero-order valence-corrected chi connectivity index (χ0v) is 15.2. The zero-order valence-electron chi connectivity index (χ0n) is 15.2. The molecule has 1 heterocycles. The Morgan fingerprint density at radius 2 is 2.21 bits per heavy atom. The molecule has 0 radical (unpaired) electrons. The molecule has 24 heavy (non-hydrogen) atoms. The van der Waals surface area contributed by atoms with Crippen LogP contribution in [0.3, 0.4) is 0 Å². The van der Waals surface area contributed by atoms with E-state index >= 15 is 0 Å². The van der Waals surface area contributed by atoms with Gasteiger partial charge in [-0.2, -0.15) is 10.2 Å². The van der Waals surface area contributed by atoms with Crippen LogP contribution in [-0.4, -0.2) is 28.2 Å². The first-order valence-corrected chi connectivity index (χ1v) is 8.27. The molecule has 0 aliphatic carbocycles. The van der Waals surface area contributed by atoms with Crippen molar-refractivity contribution in [1.82, 2.24) is 15.4 Å². The summed E-state index contributed by atoms with van der Waals surface area (Å²) < 4.78 is 5.53. The lowest BCUT2D eigenvalue weighted by molar-refractivity contribution is 0.0305. The second-order valence-corrected chi connectivity index (χ2v) is 6.72. The van der Waals surface area contributed by atoms with E-state index in [1.54, 1.807) is 11.1 Å². The fraction of sp³-hybridized carbons (Fsp3) is 0.647. The molecule has 0 saturated carbocycles. The molecule has 0 aliphatic rings. The van der Waals surface area contributed by atoms with E-state index in [2.05, 4.69) is 22.3 Å². The van der Waals surface area contributed by atoms with Crippen molar-refractivity contribution in [1.29, 1.82) is 5.26 Å². The van der Waals surface area contributed by atoms with Crippen LogP contribution >= 0.6 is 0 Å². The fourth-order valence-corrected chi connectivity index (χ4v) is 2.15. The van der Waals surface area contributed by atoms with Gasteiger partial charge in [0, 0.05) is 18.8 Å². The second kappa shape index (κ2) is 9.06. The van der Waals surface area contributed by atoms with E-state index in [1.807, 2.05) is 33.8 Å². The normalized spacial score (nSPS) is 11.0. The molecule has 7 heteroatoms. The third kappa shape index (κ3) is 6.82. The standard InChI is InChI=1S/C17H27N5O2/c1-6-7-9-17(4,5)24-16(23)21-22(12-13(2)3)15-8-10-19-14(11-18)20-15/h8,10,13H,6-7,9,12H2,1-5H3,(H,21,23). The van der Waals surface area contributed by atoms with Gasteiger partial charge >= 0.3 is 6.09 Å². The molecule has 0 atom stereocenters. The van der Waals surface area contributed by atoms with Crippen LogP contribution in [0.15, 0.2) is 12.3 Å². The Hall–Kier alpha value is -2.36. The van der Waals surface area contributed by atoms with Gasteiger partial charge in [-0.1, -0.05) is 27.2 Å². The van der Waals surface area contributed by atoms with Crippen LogP contribution in [0, 0.1) is 17.2 Å². The van der Waals surface area contributed by atoms with Crippen molar-refractivity contribution in [2.45, 2.75) is 59.5 Å². The number of carbonyl (C=O) groups is 1. The van der Waals surface area contributed by atoms with Gasteiger partial charge in [-0.05, 0) is 32.6 Å². The van der Waals surface area contributed by atoms with E-state index < -0.39 is 11.7 Å². The summed E-state index contributed by atoms with van der Waals surface area (Å²) >= 11 is 0. The highest BCUT2D eigenvalue weighted by atomic mass is 16.6. The van der Waals surface area contributed by atoms with Crippen LogP contribution < -0.4 is 10.4 Å². The number of amides is 1. The number of nitrogens with zero attached hydrogens (tertiary/aromatic N) is 4. The van der Waals surface area contributed by atoms with Crippen LogP contribution in [0.25, 0.3) is 0 Å². The molecule has 1 rings (SSSR count). The third-order valence-electron chi connectivity index (χ3n) is 3.29. The van der Waals surface area contributed by atoms with Gasteiger partial charge in [-0.3, -0.25) is 5.01 Å². The van der Waals surface area contributed by atoms with Gasteiger partial charge in [0.2, 0.25) is 5.82 Å². The molecule has 0 bridgehead atoms. The van der Waals surface area contributed by atoms with Crippen molar-refractivity contribution >= 4 is 11.9 Å². The molecule has 1 amide bonds. The average Bonchev–Trinajstić information content (AvgIpc) is 2.51. The molecule has 1 aromatic rings. The first-order chi connectivity index (χ1) is 11.3. The number of nitrogens with one attached hydrogen (secondary N) is 1. The molecule has 1 aromatic heterocycles. The summed E-state index contributed by atoms with van der Waals surface area (Å²) in [6, 6.07) is 3.54. The van der Waals surface area contributed by atoms with Gasteiger partial charge in [0.05, 0.1) is 0 Å². The number of anilines is 1. The smallest absolute Gasteiger partial charge is 0.426 e. The minimum absolute atomic E-state index is 0.0553. The first-order valence-electron chi connectivity index (χ1n) is 8.27. The molecule has 0 aliphatic heterocycles. The average molecular weight is 333 g/mol. The number of hydrogen-bond acceptors (Lipinski definition) is 6. The number of ether oxygens (including phenoxy) is 1. The number of rotatable bonds is 8. The Balaban J connectivity index is 2.82. The number of aromatic nitrogens is 2. The van der Waals surface area contributed by atoms with Gasteiger partial charge in [-0.25, -0.2) is 15.2 Å². The maximum absolute atomic E-state index is 12.3. The molecule has 7 nitrogen and oxygen atoms in total. The molecular weight excluding hydrogens is 306 g/mol. The van der Waals surface area contributed by atoms with E-state index in [4.69, 9.17) is 10.00 Å². The van der Waals surface area contributed by atoms with E-state index in [0.29, 0.717) is 12.4 Å². The number of nitriles is 1. The largest absolute Gasteiger partial charge is 0.442 e. The highest BCUT2D eigenvalue weighted by Crippen LogP contribution is 2.18. The summed E-state index contributed by atoms with van der Waals surface area (Å²) in [5.74, 6) is 0.789. The quantitative estimate of drug-likeness (QED) is 0.733. The van der Waals surface area contributed by atoms with Crippen LogP contribution in [0.5, 0.6) is 0 Å². The highest BCUT2D eigenvalue weighted by Gasteiger charge is 2.24. The molecule has 0 unspecified atom stereocenters. The monoisotopic (exact) mass is 333 g/mol. The van der Waals surface area contributed by atoms with E-state index in [1.165, 1.54) is 6.20 Å². The van der Waals surface area contributed by atoms with E-state index in [-0.39, 0.29) is 11.7 Å². The van der Waals surface area contributed by atoms with Crippen molar-refractivity contribution in [3.05, 3.63) is 18.1 Å². The topological polar surface area (TPSA) is 91.1 Å². The minimum atomic E-state index is -0.535. The SMILES string of the molecule is CCCCC(C)(C)OC(=O)NN(CC(C)C)c1ccnc(C#N)n1.